The van der Waals surface area contributed by atoms with E-state index in [9.17, 15) is 14.4 Å². The van der Waals surface area contributed by atoms with Crippen LogP contribution in [0.25, 0.3) is 0 Å². The van der Waals surface area contributed by atoms with Gasteiger partial charge >= 0.3 is 5.97 Å². The van der Waals surface area contributed by atoms with Gasteiger partial charge in [-0.05, 0) is 32.2 Å². The molecule has 0 aliphatic carbocycles. The van der Waals surface area contributed by atoms with Crippen molar-refractivity contribution in [3.8, 4) is 0 Å². The average molecular weight is 359 g/mol. The number of unbranched alkanes of at least 4 members (excludes halogenated alkanes) is 1. The molecule has 11 nitrogen and oxygen atoms in total. The summed E-state index contributed by atoms with van der Waals surface area (Å²) in [6.45, 7) is 0.438. The molecular formula is C14H29N7O4. The third-order valence-electron chi connectivity index (χ3n) is 3.31. The van der Waals surface area contributed by atoms with E-state index in [1.54, 1.807) is 0 Å². The smallest absolute Gasteiger partial charge is 0.326 e. The summed E-state index contributed by atoms with van der Waals surface area (Å²) in [6.07, 6.45) is 2.49. The molecule has 0 heterocycles. The van der Waals surface area contributed by atoms with E-state index in [-0.39, 0.29) is 25.5 Å². The van der Waals surface area contributed by atoms with Crippen LogP contribution in [0.2, 0.25) is 0 Å². The minimum atomic E-state index is -1.18. The summed E-state index contributed by atoms with van der Waals surface area (Å²) < 4.78 is 0. The van der Waals surface area contributed by atoms with E-state index in [1.807, 2.05) is 0 Å². The predicted molar refractivity (Wildman–Crippen MR) is 93.4 cm³/mol. The maximum atomic E-state index is 11.8. The fraction of sp³-hybridized carbons (Fsp3) is 0.714. The molecular weight excluding hydrogens is 330 g/mol. The zero-order valence-electron chi connectivity index (χ0n) is 14.2. The Balaban J connectivity index is 4.19. The van der Waals surface area contributed by atoms with E-state index in [2.05, 4.69) is 15.6 Å². The number of amides is 2. The van der Waals surface area contributed by atoms with Crippen LogP contribution in [0.3, 0.4) is 0 Å². The highest BCUT2D eigenvalue weighted by Crippen LogP contribution is 1.99. The van der Waals surface area contributed by atoms with Gasteiger partial charge in [-0.15, -0.1) is 0 Å². The van der Waals surface area contributed by atoms with Crippen LogP contribution in [0.4, 0.5) is 0 Å². The van der Waals surface area contributed by atoms with Crippen molar-refractivity contribution in [2.75, 3.05) is 19.6 Å². The summed E-state index contributed by atoms with van der Waals surface area (Å²) in [6, 6.07) is -1.81. The number of aliphatic imine (C=N–C) groups is 1. The van der Waals surface area contributed by atoms with Gasteiger partial charge in [0.05, 0.1) is 12.6 Å². The number of carbonyl (C=O) groups is 3. The summed E-state index contributed by atoms with van der Waals surface area (Å²) in [4.78, 5) is 38.4. The molecule has 2 unspecified atom stereocenters. The number of carboxylic acid groups (broad SMARTS) is 1. The van der Waals surface area contributed by atoms with Gasteiger partial charge in [-0.1, -0.05) is 6.42 Å². The topological polar surface area (TPSA) is 212 Å². The number of guanidine groups is 1. The molecule has 2 amide bonds. The average Bonchev–Trinajstić information content (AvgIpc) is 2.54. The molecule has 0 aromatic rings. The van der Waals surface area contributed by atoms with Crippen LogP contribution in [0.15, 0.2) is 4.99 Å². The van der Waals surface area contributed by atoms with Crippen LogP contribution >= 0.6 is 0 Å². The lowest BCUT2D eigenvalue weighted by Crippen LogP contribution is -2.48. The monoisotopic (exact) mass is 359 g/mol. The number of aliphatic carboxylic acids is 1. The number of hydrogen-bond donors (Lipinski definition) is 7. The second kappa shape index (κ2) is 13.0. The highest BCUT2D eigenvalue weighted by atomic mass is 16.4. The predicted octanol–water partition coefficient (Wildman–Crippen LogP) is -2.82. The first kappa shape index (κ1) is 22.6. The Labute approximate surface area is 146 Å². The van der Waals surface area contributed by atoms with Crippen molar-refractivity contribution >= 4 is 23.7 Å². The van der Waals surface area contributed by atoms with Gasteiger partial charge in [0.1, 0.15) is 6.04 Å². The standard InChI is InChI=1S/C14H29N7O4/c15-6-2-1-4-9(16)12(23)20-8-11(22)21-10(13(24)25)5-3-7-19-14(17)18/h9-10H,1-8,15-16H2,(H,20,23)(H,21,22)(H,24,25)(H4,17,18,19). The zero-order valence-corrected chi connectivity index (χ0v) is 14.2. The highest BCUT2D eigenvalue weighted by molar-refractivity contribution is 5.89. The van der Waals surface area contributed by atoms with Gasteiger partial charge in [-0.25, -0.2) is 4.79 Å². The van der Waals surface area contributed by atoms with Crippen molar-refractivity contribution in [2.45, 2.75) is 44.2 Å². The summed E-state index contributed by atoms with van der Waals surface area (Å²) in [5.74, 6) is -2.34. The molecule has 0 radical (unpaired) electrons. The molecule has 0 aliphatic rings. The van der Waals surface area contributed by atoms with Crippen LogP contribution in [0.1, 0.15) is 32.1 Å². The Hall–Kier alpha value is -2.40. The largest absolute Gasteiger partial charge is 0.480 e. The second-order valence-corrected chi connectivity index (χ2v) is 5.52. The van der Waals surface area contributed by atoms with Crippen molar-refractivity contribution < 1.29 is 19.5 Å². The molecule has 11 heteroatoms. The Morgan fingerprint density at radius 1 is 1.08 bits per heavy atom. The van der Waals surface area contributed by atoms with E-state index in [1.165, 1.54) is 0 Å². The number of rotatable bonds is 13. The van der Waals surface area contributed by atoms with Gasteiger partial charge in [0.2, 0.25) is 11.8 Å². The summed E-state index contributed by atoms with van der Waals surface area (Å²) in [5.41, 5.74) is 21.4. The molecule has 0 rings (SSSR count). The first-order valence-corrected chi connectivity index (χ1v) is 8.08. The number of carboxylic acids is 1. The van der Waals surface area contributed by atoms with Crippen molar-refractivity contribution in [1.29, 1.82) is 0 Å². The maximum absolute atomic E-state index is 11.8. The quantitative estimate of drug-likeness (QED) is 0.103. The maximum Gasteiger partial charge on any atom is 0.326 e. The first-order chi connectivity index (χ1) is 11.8. The van der Waals surface area contributed by atoms with E-state index in [0.717, 1.165) is 6.42 Å². The van der Waals surface area contributed by atoms with Crippen LogP contribution in [-0.2, 0) is 14.4 Å². The normalized spacial score (nSPS) is 12.7. The number of nitrogens with one attached hydrogen (secondary N) is 2. The van der Waals surface area contributed by atoms with Crippen LogP contribution < -0.4 is 33.6 Å². The van der Waals surface area contributed by atoms with Gasteiger partial charge < -0.3 is 38.7 Å². The van der Waals surface area contributed by atoms with E-state index in [0.29, 0.717) is 25.8 Å². The first-order valence-electron chi connectivity index (χ1n) is 8.08. The van der Waals surface area contributed by atoms with E-state index in [4.69, 9.17) is 28.0 Å². The molecule has 144 valence electrons. The minimum Gasteiger partial charge on any atom is -0.480 e. The van der Waals surface area contributed by atoms with Crippen LogP contribution in [-0.4, -0.2) is 60.6 Å². The molecule has 0 aromatic carbocycles. The summed E-state index contributed by atoms with van der Waals surface area (Å²) in [7, 11) is 0. The van der Waals surface area contributed by atoms with Crippen molar-refractivity contribution in [3.05, 3.63) is 0 Å². The van der Waals surface area contributed by atoms with Gasteiger partial charge in [-0.2, -0.15) is 0 Å². The third-order valence-corrected chi connectivity index (χ3v) is 3.31. The van der Waals surface area contributed by atoms with Crippen molar-refractivity contribution in [1.82, 2.24) is 10.6 Å². The van der Waals surface area contributed by atoms with Crippen LogP contribution in [0, 0.1) is 0 Å². The SMILES string of the molecule is NCCCCC(N)C(=O)NCC(=O)NC(CCCN=C(N)N)C(=O)O. The number of carbonyl (C=O) groups excluding carboxylic acids is 2. The minimum absolute atomic E-state index is 0.0820. The molecule has 25 heavy (non-hydrogen) atoms. The lowest BCUT2D eigenvalue weighted by atomic mass is 10.1. The lowest BCUT2D eigenvalue weighted by molar-refractivity contribution is -0.141. The molecule has 0 aromatic heterocycles. The van der Waals surface area contributed by atoms with Gasteiger partial charge in [0.25, 0.3) is 0 Å². The Morgan fingerprint density at radius 3 is 2.32 bits per heavy atom. The zero-order chi connectivity index (χ0) is 19.2. The lowest BCUT2D eigenvalue weighted by Gasteiger charge is -2.15. The third kappa shape index (κ3) is 11.7. The molecule has 2 atom stereocenters. The van der Waals surface area contributed by atoms with E-state index < -0.39 is 29.9 Å². The van der Waals surface area contributed by atoms with Gasteiger partial charge in [0.15, 0.2) is 5.96 Å². The number of hydrogen-bond acceptors (Lipinski definition) is 6. The number of nitrogens with zero attached hydrogens (tertiary/aromatic N) is 1. The van der Waals surface area contributed by atoms with E-state index >= 15 is 0 Å². The molecule has 0 fully saturated rings. The molecule has 11 N–H and O–H groups in total. The molecule has 0 saturated heterocycles. The Bertz CT molecular complexity index is 466. The van der Waals surface area contributed by atoms with Crippen molar-refractivity contribution in [2.24, 2.45) is 27.9 Å². The summed E-state index contributed by atoms with van der Waals surface area (Å²) in [5, 5.41) is 13.8. The molecule has 0 bridgehead atoms. The Morgan fingerprint density at radius 2 is 1.76 bits per heavy atom. The highest BCUT2D eigenvalue weighted by Gasteiger charge is 2.20. The molecule has 0 spiro atoms. The second-order valence-electron chi connectivity index (χ2n) is 5.52. The fourth-order valence-electron chi connectivity index (χ4n) is 1.94. The molecule has 0 saturated carbocycles. The summed E-state index contributed by atoms with van der Waals surface area (Å²) >= 11 is 0. The van der Waals surface area contributed by atoms with Crippen LogP contribution in [0.5, 0.6) is 0 Å². The van der Waals surface area contributed by atoms with Crippen molar-refractivity contribution in [3.63, 3.8) is 0 Å². The van der Waals surface area contributed by atoms with Gasteiger partial charge in [-0.3, -0.25) is 14.6 Å². The Kier molecular flexibility index (Phi) is 11.7. The number of nitrogens with two attached hydrogens (primary N) is 4. The molecule has 0 aliphatic heterocycles. The van der Waals surface area contributed by atoms with Gasteiger partial charge in [0, 0.05) is 6.54 Å². The fourth-order valence-corrected chi connectivity index (χ4v) is 1.94.